The van der Waals surface area contributed by atoms with E-state index >= 15 is 0 Å². The van der Waals surface area contributed by atoms with Gasteiger partial charge in [-0.1, -0.05) is 18.2 Å². The lowest BCUT2D eigenvalue weighted by atomic mass is 10.3. The molecule has 0 saturated carbocycles. The summed E-state index contributed by atoms with van der Waals surface area (Å²) in [6, 6.07) is 11.2. The molecule has 1 aromatic carbocycles. The first-order chi connectivity index (χ1) is 14.9. The molecule has 3 aromatic rings. The highest BCUT2D eigenvalue weighted by Crippen LogP contribution is 2.25. The first-order valence-electron chi connectivity index (χ1n) is 10.2. The van der Waals surface area contributed by atoms with Gasteiger partial charge in [-0.05, 0) is 32.9 Å². The number of benzene rings is 1. The van der Waals surface area contributed by atoms with Gasteiger partial charge in [-0.25, -0.2) is 18.4 Å². The van der Waals surface area contributed by atoms with Crippen LogP contribution in [0.3, 0.4) is 0 Å². The van der Waals surface area contributed by atoms with E-state index in [-0.39, 0.29) is 5.03 Å². The van der Waals surface area contributed by atoms with Crippen LogP contribution in [-0.4, -0.2) is 58.4 Å². The Balaban J connectivity index is 1.47. The summed E-state index contributed by atoms with van der Waals surface area (Å²) in [5.74, 6) is 3.18. The first-order valence-corrected chi connectivity index (χ1v) is 11.7. The van der Waals surface area contributed by atoms with Crippen molar-refractivity contribution in [3.05, 3.63) is 54.2 Å². The van der Waals surface area contributed by atoms with Crippen LogP contribution < -0.4 is 9.64 Å². The smallest absolute Gasteiger partial charge is 0.262 e. The fourth-order valence-corrected chi connectivity index (χ4v) is 4.98. The topological polar surface area (TPSA) is 93.5 Å². The largest absolute Gasteiger partial charge is 0.439 e. The van der Waals surface area contributed by atoms with Gasteiger partial charge >= 0.3 is 0 Å². The third-order valence-corrected chi connectivity index (χ3v) is 7.00. The van der Waals surface area contributed by atoms with E-state index in [0.717, 1.165) is 5.82 Å². The van der Waals surface area contributed by atoms with Gasteiger partial charge in [0.1, 0.15) is 23.2 Å². The van der Waals surface area contributed by atoms with Gasteiger partial charge in [-0.2, -0.15) is 9.29 Å². The molecule has 1 saturated heterocycles. The SMILES string of the molecule is CCn1cc(S(=O)(=O)N2CCN(c3cc(Oc4ccccc4)nc(C)n3)CC2)nc1C. The van der Waals surface area contributed by atoms with Crippen LogP contribution >= 0.6 is 0 Å². The first kappa shape index (κ1) is 21.3. The van der Waals surface area contributed by atoms with Crippen molar-refractivity contribution in [2.24, 2.45) is 0 Å². The van der Waals surface area contributed by atoms with Gasteiger partial charge in [0, 0.05) is 45.0 Å². The standard InChI is InChI=1S/C21H26N6O3S/c1-4-25-15-21(24-17(25)3)31(28,29)27-12-10-26(11-13-27)19-14-20(23-16(2)22-19)30-18-8-6-5-7-9-18/h5-9,14-15H,4,10-13H2,1-3H3. The van der Waals surface area contributed by atoms with Crippen molar-refractivity contribution >= 4 is 15.8 Å². The quantitative estimate of drug-likeness (QED) is 0.579. The molecule has 0 spiro atoms. The average molecular weight is 443 g/mol. The Kier molecular flexibility index (Phi) is 5.92. The van der Waals surface area contributed by atoms with Crippen molar-refractivity contribution in [2.45, 2.75) is 32.3 Å². The molecule has 3 heterocycles. The molecule has 0 bridgehead atoms. The number of rotatable bonds is 6. The number of para-hydroxylation sites is 1. The molecule has 0 N–H and O–H groups in total. The van der Waals surface area contributed by atoms with Crippen LogP contribution in [0.15, 0.2) is 47.6 Å². The molecule has 31 heavy (non-hydrogen) atoms. The maximum atomic E-state index is 13.0. The number of aryl methyl sites for hydroxylation is 3. The number of nitrogens with zero attached hydrogens (tertiary/aromatic N) is 6. The minimum Gasteiger partial charge on any atom is -0.439 e. The number of ether oxygens (including phenoxy) is 1. The summed E-state index contributed by atoms with van der Waals surface area (Å²) in [7, 11) is -3.62. The Morgan fingerprint density at radius 2 is 1.71 bits per heavy atom. The molecule has 1 aliphatic heterocycles. The minimum atomic E-state index is -3.62. The van der Waals surface area contributed by atoms with Crippen molar-refractivity contribution in [3.63, 3.8) is 0 Å². The molecule has 0 amide bonds. The summed E-state index contributed by atoms with van der Waals surface area (Å²) in [6.45, 7) is 8.03. The molecule has 1 aliphatic rings. The maximum Gasteiger partial charge on any atom is 0.262 e. The van der Waals surface area contributed by atoms with E-state index in [9.17, 15) is 8.42 Å². The van der Waals surface area contributed by atoms with Crippen molar-refractivity contribution in [1.82, 2.24) is 23.8 Å². The highest BCUT2D eigenvalue weighted by atomic mass is 32.2. The zero-order chi connectivity index (χ0) is 22.0. The molecular formula is C21H26N6O3S. The van der Waals surface area contributed by atoms with Crippen LogP contribution in [0.4, 0.5) is 5.82 Å². The van der Waals surface area contributed by atoms with E-state index in [0.29, 0.717) is 56.0 Å². The Morgan fingerprint density at radius 1 is 1.00 bits per heavy atom. The third kappa shape index (κ3) is 4.54. The monoisotopic (exact) mass is 442 g/mol. The fourth-order valence-electron chi connectivity index (χ4n) is 3.56. The summed E-state index contributed by atoms with van der Waals surface area (Å²) in [5, 5.41) is 0.108. The summed E-state index contributed by atoms with van der Waals surface area (Å²) in [4.78, 5) is 15.2. The lowest BCUT2D eigenvalue weighted by Gasteiger charge is -2.34. The Hall–Kier alpha value is -2.98. The van der Waals surface area contributed by atoms with Crippen LogP contribution in [0.5, 0.6) is 11.6 Å². The number of sulfonamides is 1. The van der Waals surface area contributed by atoms with E-state index in [1.54, 1.807) is 12.3 Å². The van der Waals surface area contributed by atoms with Gasteiger partial charge in [0.25, 0.3) is 10.0 Å². The number of piperazine rings is 1. The highest BCUT2D eigenvalue weighted by Gasteiger charge is 2.31. The summed E-state index contributed by atoms with van der Waals surface area (Å²) in [6.07, 6.45) is 1.61. The minimum absolute atomic E-state index is 0.108. The molecule has 4 rings (SSSR count). The van der Waals surface area contributed by atoms with Crippen LogP contribution in [0.1, 0.15) is 18.6 Å². The number of imidazole rings is 1. The van der Waals surface area contributed by atoms with Gasteiger partial charge in [-0.3, -0.25) is 0 Å². The predicted octanol–water partition coefficient (Wildman–Crippen LogP) is 2.61. The van der Waals surface area contributed by atoms with Gasteiger partial charge in [-0.15, -0.1) is 0 Å². The third-order valence-electron chi connectivity index (χ3n) is 5.23. The lowest BCUT2D eigenvalue weighted by molar-refractivity contribution is 0.381. The van der Waals surface area contributed by atoms with Gasteiger partial charge in [0.15, 0.2) is 5.03 Å². The number of anilines is 1. The van der Waals surface area contributed by atoms with Crippen molar-refractivity contribution in [1.29, 1.82) is 0 Å². The van der Waals surface area contributed by atoms with Gasteiger partial charge in [0.05, 0.1) is 0 Å². The molecule has 164 valence electrons. The second-order valence-electron chi connectivity index (χ2n) is 7.33. The molecule has 0 atom stereocenters. The molecule has 9 nitrogen and oxygen atoms in total. The maximum absolute atomic E-state index is 13.0. The second-order valence-corrected chi connectivity index (χ2v) is 9.22. The molecule has 0 unspecified atom stereocenters. The summed E-state index contributed by atoms with van der Waals surface area (Å²) < 4.78 is 35.2. The summed E-state index contributed by atoms with van der Waals surface area (Å²) >= 11 is 0. The average Bonchev–Trinajstić information content (AvgIpc) is 3.16. The van der Waals surface area contributed by atoms with E-state index in [2.05, 4.69) is 19.9 Å². The van der Waals surface area contributed by atoms with Crippen molar-refractivity contribution < 1.29 is 13.2 Å². The van der Waals surface area contributed by atoms with Crippen LogP contribution in [0.2, 0.25) is 0 Å². The Labute approximate surface area is 182 Å². The predicted molar refractivity (Wildman–Crippen MR) is 117 cm³/mol. The van der Waals surface area contributed by atoms with Gasteiger partial charge in [0.2, 0.25) is 5.88 Å². The van der Waals surface area contributed by atoms with E-state index in [4.69, 9.17) is 4.74 Å². The van der Waals surface area contributed by atoms with Crippen LogP contribution in [0, 0.1) is 13.8 Å². The van der Waals surface area contributed by atoms with E-state index in [1.165, 1.54) is 4.31 Å². The molecule has 1 fully saturated rings. The molecule has 0 aliphatic carbocycles. The van der Waals surface area contributed by atoms with Crippen LogP contribution in [-0.2, 0) is 16.6 Å². The normalized spacial score (nSPS) is 15.3. The molecule has 0 radical (unpaired) electrons. The summed E-state index contributed by atoms with van der Waals surface area (Å²) in [5.41, 5.74) is 0. The van der Waals surface area contributed by atoms with Crippen molar-refractivity contribution in [3.8, 4) is 11.6 Å². The number of hydrogen-bond donors (Lipinski definition) is 0. The fraction of sp³-hybridized carbons (Fsp3) is 0.381. The van der Waals surface area contributed by atoms with E-state index in [1.807, 2.05) is 55.7 Å². The second kappa shape index (κ2) is 8.64. The van der Waals surface area contributed by atoms with Crippen molar-refractivity contribution in [2.75, 3.05) is 31.1 Å². The number of aromatic nitrogens is 4. The lowest BCUT2D eigenvalue weighted by Crippen LogP contribution is -2.49. The van der Waals surface area contributed by atoms with Gasteiger partial charge < -0.3 is 14.2 Å². The molecular weight excluding hydrogens is 416 g/mol. The number of hydrogen-bond acceptors (Lipinski definition) is 7. The zero-order valence-electron chi connectivity index (χ0n) is 17.9. The zero-order valence-corrected chi connectivity index (χ0v) is 18.7. The van der Waals surface area contributed by atoms with E-state index < -0.39 is 10.0 Å². The molecule has 10 heteroatoms. The molecule has 2 aromatic heterocycles. The highest BCUT2D eigenvalue weighted by molar-refractivity contribution is 7.89. The Morgan fingerprint density at radius 3 is 2.35 bits per heavy atom. The van der Waals surface area contributed by atoms with Crippen LogP contribution in [0.25, 0.3) is 0 Å². The Bertz CT molecular complexity index is 1160.